The summed E-state index contributed by atoms with van der Waals surface area (Å²) in [5.41, 5.74) is 0.806. The molecule has 0 radical (unpaired) electrons. The second-order valence-corrected chi connectivity index (χ2v) is 7.27. The van der Waals surface area contributed by atoms with Crippen molar-refractivity contribution in [3.8, 4) is 0 Å². The van der Waals surface area contributed by atoms with Gasteiger partial charge in [-0.15, -0.1) is 0 Å². The van der Waals surface area contributed by atoms with Crippen molar-refractivity contribution in [2.24, 2.45) is 0 Å². The fraction of sp³-hybridized carbons (Fsp3) is 0.381. The van der Waals surface area contributed by atoms with Crippen LogP contribution in [0.5, 0.6) is 0 Å². The number of ether oxygens (including phenoxy) is 1. The van der Waals surface area contributed by atoms with Crippen LogP contribution in [0.2, 0.25) is 0 Å². The van der Waals surface area contributed by atoms with Gasteiger partial charge in [0.05, 0.1) is 19.4 Å². The van der Waals surface area contributed by atoms with Gasteiger partial charge >= 0.3 is 6.03 Å². The first-order valence-corrected chi connectivity index (χ1v) is 9.57. The molecule has 1 unspecified atom stereocenters. The van der Waals surface area contributed by atoms with Crippen LogP contribution in [0.1, 0.15) is 23.3 Å². The minimum atomic E-state index is -1.06. The molecule has 2 aromatic rings. The molecule has 2 aliphatic rings. The summed E-state index contributed by atoms with van der Waals surface area (Å²) in [4.78, 5) is 41.3. The Morgan fingerprint density at radius 3 is 2.86 bits per heavy atom. The average Bonchev–Trinajstić information content (AvgIpc) is 3.42. The molecule has 0 saturated carbocycles. The first kappa shape index (κ1) is 19.2. The minimum Gasteiger partial charge on any atom is -0.467 e. The van der Waals surface area contributed by atoms with E-state index in [4.69, 9.17) is 9.15 Å². The quantitative estimate of drug-likeness (QED) is 0.718. The molecule has 1 N–H and O–H groups in total. The lowest BCUT2D eigenvalue weighted by Gasteiger charge is -2.25. The monoisotopic (exact) mass is 397 g/mol. The van der Waals surface area contributed by atoms with Crippen LogP contribution in [-0.4, -0.2) is 54.5 Å². The number of methoxy groups -OCH3 is 1. The number of benzene rings is 1. The fourth-order valence-electron chi connectivity index (χ4n) is 4.05. The molecule has 1 fully saturated rings. The van der Waals surface area contributed by atoms with Crippen molar-refractivity contribution in [2.45, 2.75) is 24.9 Å². The summed E-state index contributed by atoms with van der Waals surface area (Å²) >= 11 is 0. The van der Waals surface area contributed by atoms with Crippen molar-refractivity contribution in [1.82, 2.24) is 15.1 Å². The second kappa shape index (κ2) is 7.71. The first-order valence-electron chi connectivity index (χ1n) is 9.57. The maximum Gasteiger partial charge on any atom is 0.325 e. The molecular weight excluding hydrogens is 374 g/mol. The topological polar surface area (TPSA) is 92.1 Å². The third kappa shape index (κ3) is 3.40. The van der Waals surface area contributed by atoms with Crippen LogP contribution in [0.15, 0.2) is 47.1 Å². The number of amides is 4. The highest BCUT2D eigenvalue weighted by Gasteiger charge is 2.55. The molecule has 1 atom stereocenters. The van der Waals surface area contributed by atoms with E-state index >= 15 is 0 Å². The predicted molar refractivity (Wildman–Crippen MR) is 103 cm³/mol. The van der Waals surface area contributed by atoms with Crippen molar-refractivity contribution in [3.63, 3.8) is 0 Å². The van der Waals surface area contributed by atoms with Crippen molar-refractivity contribution in [1.29, 1.82) is 0 Å². The van der Waals surface area contributed by atoms with Crippen molar-refractivity contribution in [2.75, 3.05) is 26.8 Å². The Kier molecular flexibility index (Phi) is 5.10. The molecule has 1 aliphatic heterocycles. The third-order valence-electron chi connectivity index (χ3n) is 5.56. The summed E-state index contributed by atoms with van der Waals surface area (Å²) in [5.74, 6) is -0.0939. The van der Waals surface area contributed by atoms with Gasteiger partial charge in [0, 0.05) is 13.7 Å². The van der Waals surface area contributed by atoms with Gasteiger partial charge in [-0.3, -0.25) is 14.5 Å². The number of hydrogen-bond donors (Lipinski definition) is 1. The van der Waals surface area contributed by atoms with Crippen molar-refractivity contribution < 1.29 is 23.5 Å². The molecule has 8 nitrogen and oxygen atoms in total. The number of aryl methyl sites for hydroxylation is 1. The van der Waals surface area contributed by atoms with E-state index in [2.05, 4.69) is 5.32 Å². The van der Waals surface area contributed by atoms with E-state index in [1.54, 1.807) is 19.2 Å². The number of hydrogen-bond acceptors (Lipinski definition) is 5. The van der Waals surface area contributed by atoms with Gasteiger partial charge in [-0.05, 0) is 36.1 Å². The second-order valence-electron chi connectivity index (χ2n) is 7.27. The van der Waals surface area contributed by atoms with Gasteiger partial charge in [0.2, 0.25) is 5.91 Å². The van der Waals surface area contributed by atoms with Gasteiger partial charge in [0.25, 0.3) is 5.91 Å². The van der Waals surface area contributed by atoms with Gasteiger partial charge in [-0.25, -0.2) is 4.79 Å². The lowest BCUT2D eigenvalue weighted by molar-refractivity contribution is -0.140. The largest absolute Gasteiger partial charge is 0.467 e. The first-order chi connectivity index (χ1) is 14.0. The number of fused-ring (bicyclic) bond motifs is 2. The Bertz CT molecular complexity index is 926. The molecule has 1 aromatic carbocycles. The smallest absolute Gasteiger partial charge is 0.325 e. The normalized spacial score (nSPS) is 20.2. The van der Waals surface area contributed by atoms with Crippen LogP contribution in [0.4, 0.5) is 4.79 Å². The minimum absolute atomic E-state index is 0.243. The highest BCUT2D eigenvalue weighted by molar-refractivity contribution is 6.09. The van der Waals surface area contributed by atoms with Crippen LogP contribution in [0, 0.1) is 0 Å². The molecule has 29 heavy (non-hydrogen) atoms. The molecule has 2 heterocycles. The van der Waals surface area contributed by atoms with Crippen LogP contribution in [0.25, 0.3) is 0 Å². The Hall–Kier alpha value is -3.13. The molecule has 4 amide bonds. The van der Waals surface area contributed by atoms with Gasteiger partial charge in [-0.1, -0.05) is 24.3 Å². The summed E-state index contributed by atoms with van der Waals surface area (Å²) < 4.78 is 10.4. The zero-order chi connectivity index (χ0) is 20.4. The van der Waals surface area contributed by atoms with E-state index in [1.807, 2.05) is 24.3 Å². The number of carbonyl (C=O) groups is 3. The number of carbonyl (C=O) groups excluding carboxylic acids is 3. The van der Waals surface area contributed by atoms with E-state index in [0.29, 0.717) is 31.8 Å². The van der Waals surface area contributed by atoms with Crippen LogP contribution in [-0.2, 0) is 32.8 Å². The van der Waals surface area contributed by atoms with Gasteiger partial charge in [0.1, 0.15) is 17.8 Å². The van der Waals surface area contributed by atoms with E-state index < -0.39 is 11.6 Å². The average molecular weight is 397 g/mol. The van der Waals surface area contributed by atoms with Gasteiger partial charge in [-0.2, -0.15) is 0 Å². The summed E-state index contributed by atoms with van der Waals surface area (Å²) in [6, 6.07) is 10.6. The molecule has 8 heteroatoms. The molecule has 152 valence electrons. The van der Waals surface area contributed by atoms with E-state index in [0.717, 1.165) is 16.0 Å². The maximum absolute atomic E-state index is 13.2. The summed E-state index contributed by atoms with van der Waals surface area (Å²) in [6.45, 7) is 0.587. The molecule has 1 aliphatic carbocycles. The number of rotatable bonds is 7. The highest BCUT2D eigenvalue weighted by atomic mass is 16.5. The number of furan rings is 1. The number of imide groups is 1. The summed E-state index contributed by atoms with van der Waals surface area (Å²) in [6.07, 6.45) is 2.75. The zero-order valence-electron chi connectivity index (χ0n) is 16.2. The predicted octanol–water partition coefficient (Wildman–Crippen LogP) is 1.65. The Morgan fingerprint density at radius 1 is 1.28 bits per heavy atom. The lowest BCUT2D eigenvalue weighted by Crippen LogP contribution is -2.45. The number of urea groups is 1. The zero-order valence-corrected chi connectivity index (χ0v) is 16.2. The van der Waals surface area contributed by atoms with Crippen molar-refractivity contribution in [3.05, 3.63) is 59.5 Å². The number of nitrogens with zero attached hydrogens (tertiary/aromatic N) is 2. The lowest BCUT2D eigenvalue weighted by atomic mass is 9.92. The third-order valence-corrected chi connectivity index (χ3v) is 5.56. The Morgan fingerprint density at radius 2 is 2.10 bits per heavy atom. The Balaban J connectivity index is 1.51. The van der Waals surface area contributed by atoms with Crippen LogP contribution >= 0.6 is 0 Å². The SMILES string of the molecule is COCCN(Cc1ccco1)C(=O)CN1C(=O)NC2(CCc3ccccc32)C1=O. The standard InChI is InChI=1S/C21H23N3O5/c1-28-12-10-23(13-16-6-4-11-29-16)18(25)14-24-19(26)21(22-20(24)27)9-8-15-5-2-3-7-17(15)21/h2-7,11H,8-10,12-14H2,1H3,(H,22,27). The highest BCUT2D eigenvalue weighted by Crippen LogP contribution is 2.41. The van der Waals surface area contributed by atoms with Crippen LogP contribution in [0.3, 0.4) is 0 Å². The molecular formula is C21H23N3O5. The van der Waals surface area contributed by atoms with E-state index in [-0.39, 0.29) is 24.9 Å². The maximum atomic E-state index is 13.2. The summed E-state index contributed by atoms with van der Waals surface area (Å²) in [5, 5.41) is 2.84. The van der Waals surface area contributed by atoms with E-state index in [9.17, 15) is 14.4 Å². The fourth-order valence-corrected chi connectivity index (χ4v) is 4.05. The number of nitrogens with one attached hydrogen (secondary N) is 1. The summed E-state index contributed by atoms with van der Waals surface area (Å²) in [7, 11) is 1.55. The molecule has 1 saturated heterocycles. The molecule has 1 aromatic heterocycles. The van der Waals surface area contributed by atoms with Gasteiger partial charge < -0.3 is 19.4 Å². The van der Waals surface area contributed by atoms with E-state index in [1.165, 1.54) is 11.2 Å². The van der Waals surface area contributed by atoms with Crippen LogP contribution < -0.4 is 5.32 Å². The molecule has 0 bridgehead atoms. The van der Waals surface area contributed by atoms with Gasteiger partial charge in [0.15, 0.2) is 0 Å². The van der Waals surface area contributed by atoms with Crippen molar-refractivity contribution >= 4 is 17.8 Å². The molecule has 1 spiro atoms. The Labute approximate surface area is 168 Å². The molecule has 4 rings (SSSR count).